The molecule has 240 valence electrons. The molecule has 0 radical (unpaired) electrons. The predicted molar refractivity (Wildman–Crippen MR) is 173 cm³/mol. The highest BCUT2D eigenvalue weighted by Gasteiger charge is 2.32. The van der Waals surface area contributed by atoms with Crippen molar-refractivity contribution in [1.82, 2.24) is 0 Å². The average molecular weight is 667 g/mol. The lowest BCUT2D eigenvalue weighted by Gasteiger charge is -2.28. The summed E-state index contributed by atoms with van der Waals surface area (Å²) in [6.45, 7) is 1.08. The summed E-state index contributed by atoms with van der Waals surface area (Å²) in [5.74, 6) is -2.64. The fourth-order valence-electron chi connectivity index (χ4n) is 4.67. The van der Waals surface area contributed by atoms with E-state index in [2.05, 4.69) is 10.6 Å². The second-order valence-electron chi connectivity index (χ2n) is 10.0. The smallest absolute Gasteiger partial charge is 0.264 e. The lowest BCUT2D eigenvalue weighted by atomic mass is 10.1. The fraction of sp³-hybridized carbons (Fsp3) is 0.133. The zero-order valence-electron chi connectivity index (χ0n) is 24.6. The summed E-state index contributed by atoms with van der Waals surface area (Å²) in [7, 11) is -8.88. The maximum atomic E-state index is 13.9. The van der Waals surface area contributed by atoms with Gasteiger partial charge in [-0.15, -0.1) is 0 Å². The zero-order valence-corrected chi connectivity index (χ0v) is 26.3. The minimum atomic E-state index is -4.44. The zero-order chi connectivity index (χ0) is 33.8. The van der Waals surface area contributed by atoms with Gasteiger partial charge in [0.05, 0.1) is 21.2 Å². The minimum Gasteiger partial charge on any atom is -0.368 e. The molecule has 0 aliphatic rings. The fourth-order valence-corrected chi connectivity index (χ4v) is 7.57. The summed E-state index contributed by atoms with van der Waals surface area (Å²) in [5, 5.41) is 5.51. The van der Waals surface area contributed by atoms with E-state index in [1.807, 2.05) is 0 Å². The van der Waals surface area contributed by atoms with Gasteiger partial charge in [0.15, 0.2) is 0 Å². The number of anilines is 4. The van der Waals surface area contributed by atoms with Crippen LogP contribution in [0.4, 0.5) is 22.7 Å². The normalized spacial score (nSPS) is 11.4. The van der Waals surface area contributed by atoms with Gasteiger partial charge in [-0.1, -0.05) is 24.3 Å². The van der Waals surface area contributed by atoms with E-state index >= 15 is 0 Å². The van der Waals surface area contributed by atoms with Crippen LogP contribution in [0.5, 0.6) is 0 Å². The van der Waals surface area contributed by atoms with Gasteiger partial charge in [0.2, 0.25) is 23.6 Å². The molecule has 0 fully saturated rings. The molecule has 4 aromatic rings. The molecule has 0 saturated carbocycles. The van der Waals surface area contributed by atoms with Crippen molar-refractivity contribution in [2.45, 2.75) is 23.6 Å². The van der Waals surface area contributed by atoms with Crippen LogP contribution >= 0.6 is 0 Å². The summed E-state index contributed by atoms with van der Waals surface area (Å²) in [5.41, 5.74) is 11.6. The van der Waals surface area contributed by atoms with Gasteiger partial charge in [0.1, 0.15) is 13.1 Å². The Labute approximate surface area is 265 Å². The van der Waals surface area contributed by atoms with Crippen LogP contribution in [0.15, 0.2) is 94.7 Å². The molecule has 0 spiro atoms. The molecule has 0 heterocycles. The molecule has 0 aliphatic heterocycles. The van der Waals surface area contributed by atoms with Crippen molar-refractivity contribution in [2.75, 3.05) is 32.3 Å². The molecule has 0 aliphatic carbocycles. The SMILES string of the molecule is CC(=O)Nc1ccc(S(=O)(=O)N(CC(N)=O)c2ccc(N(CC(N)=O)S(=O)(=O)c3ccc(NC(C)=O)cc3)c3ccccc23)cc1. The van der Waals surface area contributed by atoms with Crippen LogP contribution in [-0.2, 0) is 39.2 Å². The Hall–Kier alpha value is -5.48. The van der Waals surface area contributed by atoms with Crippen LogP contribution in [0, 0.1) is 0 Å². The predicted octanol–water partition coefficient (Wildman–Crippen LogP) is 2.12. The first-order chi connectivity index (χ1) is 21.6. The summed E-state index contributed by atoms with van der Waals surface area (Å²) in [6.07, 6.45) is 0. The van der Waals surface area contributed by atoms with E-state index in [0.29, 0.717) is 11.4 Å². The van der Waals surface area contributed by atoms with Crippen LogP contribution < -0.4 is 30.7 Å². The van der Waals surface area contributed by atoms with Crippen molar-refractivity contribution >= 4 is 77.2 Å². The van der Waals surface area contributed by atoms with Crippen molar-refractivity contribution in [3.05, 3.63) is 84.9 Å². The van der Waals surface area contributed by atoms with Crippen molar-refractivity contribution < 1.29 is 36.0 Å². The molecule has 46 heavy (non-hydrogen) atoms. The van der Waals surface area contributed by atoms with Gasteiger partial charge in [-0.2, -0.15) is 0 Å². The molecule has 4 aromatic carbocycles. The minimum absolute atomic E-state index is 0.000158. The third-order valence-electron chi connectivity index (χ3n) is 6.54. The molecule has 0 atom stereocenters. The van der Waals surface area contributed by atoms with Crippen LogP contribution in [0.25, 0.3) is 10.8 Å². The number of hydrogen-bond donors (Lipinski definition) is 4. The Bertz CT molecular complexity index is 1900. The number of benzene rings is 4. The average Bonchev–Trinajstić information content (AvgIpc) is 2.98. The standard InChI is InChI=1S/C30H30N6O8S2/c1-19(37)33-21-7-11-23(12-8-21)45(41,42)35(17-29(31)39)27-15-16-28(26-6-4-3-5-25(26)27)36(18-30(32)40)46(43,44)24-13-9-22(10-14-24)34-20(2)38/h3-16H,17-18H2,1-2H3,(H2,31,39)(H2,32,40)(H,33,37)(H,34,38). The molecule has 4 rings (SSSR count). The van der Waals surface area contributed by atoms with Crippen LogP contribution in [0.2, 0.25) is 0 Å². The quantitative estimate of drug-likeness (QED) is 0.175. The van der Waals surface area contributed by atoms with Crippen LogP contribution in [0.3, 0.4) is 0 Å². The molecule has 4 amide bonds. The molecule has 6 N–H and O–H groups in total. The Kier molecular flexibility index (Phi) is 9.63. The number of amides is 4. The lowest BCUT2D eigenvalue weighted by molar-refractivity contribution is -0.117. The highest BCUT2D eigenvalue weighted by Crippen LogP contribution is 2.38. The third kappa shape index (κ3) is 7.24. The molecule has 14 nitrogen and oxygen atoms in total. The topological polar surface area (TPSA) is 219 Å². The summed E-state index contributed by atoms with van der Waals surface area (Å²) in [4.78, 5) is 46.7. The number of nitrogens with two attached hydrogens (primary N) is 2. The summed E-state index contributed by atoms with van der Waals surface area (Å²) < 4.78 is 57.1. The van der Waals surface area contributed by atoms with Gasteiger partial charge < -0.3 is 22.1 Å². The first-order valence-electron chi connectivity index (χ1n) is 13.5. The second kappa shape index (κ2) is 13.3. The largest absolute Gasteiger partial charge is 0.368 e. The summed E-state index contributed by atoms with van der Waals surface area (Å²) >= 11 is 0. The maximum absolute atomic E-state index is 13.9. The van der Waals surface area contributed by atoms with Crippen LogP contribution in [-0.4, -0.2) is 53.6 Å². The molecule has 0 aromatic heterocycles. The molecule has 0 saturated heterocycles. The van der Waals surface area contributed by atoms with Crippen molar-refractivity contribution in [3.8, 4) is 0 Å². The van der Waals surface area contributed by atoms with Gasteiger partial charge in [0.25, 0.3) is 20.0 Å². The monoisotopic (exact) mass is 666 g/mol. The van der Waals surface area contributed by atoms with Gasteiger partial charge in [-0.25, -0.2) is 16.8 Å². The van der Waals surface area contributed by atoms with E-state index in [-0.39, 0.29) is 43.8 Å². The van der Waals surface area contributed by atoms with Gasteiger partial charge in [0, 0.05) is 36.0 Å². The number of nitrogens with zero attached hydrogens (tertiary/aromatic N) is 2. The molecular formula is C30H30N6O8S2. The molecule has 0 unspecified atom stereocenters. The number of carbonyl (C=O) groups is 4. The molecule has 0 bridgehead atoms. The number of fused-ring (bicyclic) bond motifs is 1. The van der Waals surface area contributed by atoms with Gasteiger partial charge >= 0.3 is 0 Å². The van der Waals surface area contributed by atoms with E-state index in [1.165, 1.54) is 86.6 Å². The van der Waals surface area contributed by atoms with E-state index in [0.717, 1.165) is 8.61 Å². The number of primary amides is 2. The number of sulfonamides is 2. The Morgan fingerprint density at radius 3 is 1.17 bits per heavy atom. The molecule has 16 heteroatoms. The van der Waals surface area contributed by atoms with Crippen molar-refractivity contribution in [2.24, 2.45) is 11.5 Å². The Morgan fingerprint density at radius 1 is 0.565 bits per heavy atom. The highest BCUT2D eigenvalue weighted by molar-refractivity contribution is 7.93. The second-order valence-corrected chi connectivity index (χ2v) is 13.7. The van der Waals surface area contributed by atoms with Gasteiger partial charge in [-0.05, 0) is 60.7 Å². The van der Waals surface area contributed by atoms with Crippen LogP contribution in [0.1, 0.15) is 13.8 Å². The highest BCUT2D eigenvalue weighted by atomic mass is 32.2. The van der Waals surface area contributed by atoms with E-state index in [1.54, 1.807) is 12.1 Å². The lowest BCUT2D eigenvalue weighted by Crippen LogP contribution is -2.39. The summed E-state index contributed by atoms with van der Waals surface area (Å²) in [6, 6.07) is 19.4. The van der Waals surface area contributed by atoms with Crippen molar-refractivity contribution in [1.29, 1.82) is 0 Å². The number of rotatable bonds is 12. The first kappa shape index (κ1) is 33.4. The first-order valence-corrected chi connectivity index (χ1v) is 16.4. The van der Waals surface area contributed by atoms with E-state index in [4.69, 9.17) is 11.5 Å². The molecular weight excluding hydrogens is 636 g/mol. The maximum Gasteiger partial charge on any atom is 0.264 e. The van der Waals surface area contributed by atoms with E-state index in [9.17, 15) is 36.0 Å². The Balaban J connectivity index is 1.87. The van der Waals surface area contributed by atoms with Gasteiger partial charge in [-0.3, -0.25) is 27.8 Å². The number of carbonyl (C=O) groups excluding carboxylic acids is 4. The van der Waals surface area contributed by atoms with E-state index < -0.39 is 45.0 Å². The third-order valence-corrected chi connectivity index (χ3v) is 10.1. The van der Waals surface area contributed by atoms with Crippen molar-refractivity contribution in [3.63, 3.8) is 0 Å². The Morgan fingerprint density at radius 2 is 0.891 bits per heavy atom. The number of hydrogen-bond acceptors (Lipinski definition) is 8. The number of nitrogens with one attached hydrogen (secondary N) is 2.